The molecule has 1 aromatic heterocycles. The number of benzene rings is 3. The fourth-order valence-electron chi connectivity index (χ4n) is 3.87. The third-order valence-corrected chi connectivity index (χ3v) is 5.48. The number of pyridine rings is 1. The number of rotatable bonds is 6. The molecule has 0 fully saturated rings. The van der Waals surface area contributed by atoms with Gasteiger partial charge in [-0.15, -0.1) is 0 Å². The Morgan fingerprint density at radius 1 is 0.897 bits per heavy atom. The Labute approximate surface area is 171 Å². The number of aromatic nitrogens is 1. The van der Waals surface area contributed by atoms with Gasteiger partial charge >= 0.3 is 0 Å². The fraction of sp³-hybridized carbons (Fsp3) is 0.192. The Morgan fingerprint density at radius 2 is 1.59 bits per heavy atom. The zero-order valence-corrected chi connectivity index (χ0v) is 16.9. The van der Waals surface area contributed by atoms with Gasteiger partial charge in [0.1, 0.15) is 0 Å². The van der Waals surface area contributed by atoms with Gasteiger partial charge in [0.15, 0.2) is 0 Å². The van der Waals surface area contributed by atoms with E-state index >= 15 is 0 Å². The molecule has 1 heterocycles. The van der Waals surface area contributed by atoms with Crippen molar-refractivity contribution in [2.45, 2.75) is 25.9 Å². The lowest BCUT2D eigenvalue weighted by Gasteiger charge is -2.20. The van der Waals surface area contributed by atoms with Gasteiger partial charge in [0.25, 0.3) is 5.56 Å². The minimum atomic E-state index is 0.0559. The van der Waals surface area contributed by atoms with E-state index in [-0.39, 0.29) is 11.6 Å². The van der Waals surface area contributed by atoms with Gasteiger partial charge in [-0.05, 0) is 48.1 Å². The predicted octanol–water partition coefficient (Wildman–Crippen LogP) is 4.92. The van der Waals surface area contributed by atoms with E-state index in [1.165, 1.54) is 16.7 Å². The molecule has 3 heteroatoms. The number of hydrogen-bond donors (Lipinski definition) is 1. The Hall–Kier alpha value is -3.17. The summed E-state index contributed by atoms with van der Waals surface area (Å²) >= 11 is 0. The first-order valence-corrected chi connectivity index (χ1v) is 10.0. The maximum absolute atomic E-state index is 12.9. The van der Waals surface area contributed by atoms with Crippen molar-refractivity contribution < 1.29 is 0 Å². The van der Waals surface area contributed by atoms with Crippen LogP contribution < -0.4 is 10.9 Å². The number of aryl methyl sites for hydroxylation is 2. The molecule has 0 aliphatic heterocycles. The number of hydrogen-bond acceptors (Lipinski definition) is 2. The molecule has 0 unspecified atom stereocenters. The maximum atomic E-state index is 12.9. The van der Waals surface area contributed by atoms with Crippen molar-refractivity contribution in [1.29, 1.82) is 0 Å². The second-order valence-electron chi connectivity index (χ2n) is 7.63. The van der Waals surface area contributed by atoms with Crippen molar-refractivity contribution in [2.75, 3.05) is 0 Å². The molecular formula is C26H26N2O. The second kappa shape index (κ2) is 8.46. The zero-order chi connectivity index (χ0) is 20.2. The van der Waals surface area contributed by atoms with Gasteiger partial charge in [0, 0.05) is 25.2 Å². The SMILES string of the molecule is Cc1ccc2c(c1)cc(CN[C@@H](Cc1ccccc1)c1ccccc1)c(=O)n2C. The lowest BCUT2D eigenvalue weighted by molar-refractivity contribution is 0.527. The van der Waals surface area contributed by atoms with E-state index in [1.54, 1.807) is 4.57 Å². The number of fused-ring (bicyclic) bond motifs is 1. The van der Waals surface area contributed by atoms with Gasteiger partial charge in [-0.25, -0.2) is 0 Å². The van der Waals surface area contributed by atoms with E-state index in [9.17, 15) is 4.79 Å². The molecule has 0 radical (unpaired) electrons. The molecule has 3 nitrogen and oxygen atoms in total. The molecule has 0 amide bonds. The molecular weight excluding hydrogens is 356 g/mol. The molecule has 1 N–H and O–H groups in total. The molecule has 29 heavy (non-hydrogen) atoms. The van der Waals surface area contributed by atoms with Crippen molar-refractivity contribution in [2.24, 2.45) is 7.05 Å². The van der Waals surface area contributed by atoms with E-state index < -0.39 is 0 Å². The normalized spacial score (nSPS) is 12.2. The van der Waals surface area contributed by atoms with Crippen LogP contribution in [0.15, 0.2) is 89.7 Å². The largest absolute Gasteiger partial charge is 0.311 e. The summed E-state index contributed by atoms with van der Waals surface area (Å²) in [6.45, 7) is 2.61. The number of nitrogens with one attached hydrogen (secondary N) is 1. The lowest BCUT2D eigenvalue weighted by atomic mass is 9.98. The molecule has 0 aliphatic carbocycles. The summed E-state index contributed by atoms with van der Waals surface area (Å²) in [5, 5.41) is 4.74. The van der Waals surface area contributed by atoms with Crippen molar-refractivity contribution in [3.05, 3.63) is 118 Å². The Bertz CT molecular complexity index is 1160. The van der Waals surface area contributed by atoms with E-state index in [2.05, 4.69) is 66.8 Å². The van der Waals surface area contributed by atoms with Crippen LogP contribution >= 0.6 is 0 Å². The molecule has 4 aromatic rings. The summed E-state index contributed by atoms with van der Waals surface area (Å²) in [6, 6.07) is 29.3. The Balaban J connectivity index is 1.63. The van der Waals surface area contributed by atoms with Crippen LogP contribution in [0.4, 0.5) is 0 Å². The van der Waals surface area contributed by atoms with Crippen LogP contribution in [-0.4, -0.2) is 4.57 Å². The van der Waals surface area contributed by atoms with Crippen molar-refractivity contribution in [1.82, 2.24) is 9.88 Å². The molecule has 0 aliphatic rings. The van der Waals surface area contributed by atoms with Gasteiger partial charge in [-0.2, -0.15) is 0 Å². The summed E-state index contributed by atoms with van der Waals surface area (Å²) < 4.78 is 1.75. The third kappa shape index (κ3) is 4.30. The molecule has 4 rings (SSSR count). The Morgan fingerprint density at radius 3 is 2.31 bits per heavy atom. The van der Waals surface area contributed by atoms with Crippen LogP contribution in [0, 0.1) is 6.92 Å². The van der Waals surface area contributed by atoms with Gasteiger partial charge in [-0.1, -0.05) is 72.3 Å². The Kier molecular flexibility index (Phi) is 5.59. The van der Waals surface area contributed by atoms with Crippen LogP contribution in [-0.2, 0) is 20.0 Å². The molecule has 0 bridgehead atoms. The van der Waals surface area contributed by atoms with E-state index in [1.807, 2.05) is 37.4 Å². The predicted molar refractivity (Wildman–Crippen MR) is 120 cm³/mol. The summed E-state index contributed by atoms with van der Waals surface area (Å²) in [6.07, 6.45) is 0.873. The zero-order valence-electron chi connectivity index (χ0n) is 16.9. The highest BCUT2D eigenvalue weighted by atomic mass is 16.1. The van der Waals surface area contributed by atoms with Crippen LogP contribution in [0.5, 0.6) is 0 Å². The van der Waals surface area contributed by atoms with Crippen LogP contribution in [0.1, 0.15) is 28.3 Å². The van der Waals surface area contributed by atoms with E-state index in [0.717, 1.165) is 22.9 Å². The van der Waals surface area contributed by atoms with E-state index in [0.29, 0.717) is 6.54 Å². The first-order valence-electron chi connectivity index (χ1n) is 10.0. The number of nitrogens with zero attached hydrogens (tertiary/aromatic N) is 1. The topological polar surface area (TPSA) is 34.0 Å². The third-order valence-electron chi connectivity index (χ3n) is 5.48. The van der Waals surface area contributed by atoms with Gasteiger partial charge < -0.3 is 9.88 Å². The first kappa shape index (κ1) is 19.2. The summed E-state index contributed by atoms with van der Waals surface area (Å²) in [5.41, 5.74) is 5.51. The maximum Gasteiger partial charge on any atom is 0.255 e. The average molecular weight is 383 g/mol. The second-order valence-corrected chi connectivity index (χ2v) is 7.63. The standard InChI is InChI=1S/C26H26N2O/c1-19-13-14-25-22(15-19)17-23(26(29)28(25)2)18-27-24(21-11-7-4-8-12-21)16-20-9-5-3-6-10-20/h3-15,17,24,27H,16,18H2,1-2H3/t24-/m0/s1. The van der Waals surface area contributed by atoms with Crippen molar-refractivity contribution in [3.8, 4) is 0 Å². The summed E-state index contributed by atoms with van der Waals surface area (Å²) in [5.74, 6) is 0. The minimum Gasteiger partial charge on any atom is -0.311 e. The monoisotopic (exact) mass is 382 g/mol. The van der Waals surface area contributed by atoms with Crippen LogP contribution in [0.25, 0.3) is 10.9 Å². The molecule has 0 saturated carbocycles. The van der Waals surface area contributed by atoms with Crippen LogP contribution in [0.3, 0.4) is 0 Å². The first-order chi connectivity index (χ1) is 14.1. The van der Waals surface area contributed by atoms with Gasteiger partial charge in [-0.3, -0.25) is 4.79 Å². The highest BCUT2D eigenvalue weighted by Crippen LogP contribution is 2.20. The quantitative estimate of drug-likeness (QED) is 0.513. The average Bonchev–Trinajstić information content (AvgIpc) is 2.75. The molecule has 0 spiro atoms. The van der Waals surface area contributed by atoms with Gasteiger partial charge in [0.05, 0.1) is 5.52 Å². The molecule has 146 valence electrons. The molecule has 0 saturated heterocycles. The highest BCUT2D eigenvalue weighted by molar-refractivity contribution is 5.80. The lowest BCUT2D eigenvalue weighted by Crippen LogP contribution is -2.29. The highest BCUT2D eigenvalue weighted by Gasteiger charge is 2.14. The molecule has 1 atom stereocenters. The van der Waals surface area contributed by atoms with Crippen LogP contribution in [0.2, 0.25) is 0 Å². The molecule has 3 aromatic carbocycles. The van der Waals surface area contributed by atoms with Crippen molar-refractivity contribution >= 4 is 10.9 Å². The van der Waals surface area contributed by atoms with Crippen molar-refractivity contribution in [3.63, 3.8) is 0 Å². The fourth-order valence-corrected chi connectivity index (χ4v) is 3.87. The smallest absolute Gasteiger partial charge is 0.255 e. The van der Waals surface area contributed by atoms with Gasteiger partial charge in [0.2, 0.25) is 0 Å². The summed E-state index contributed by atoms with van der Waals surface area (Å²) in [4.78, 5) is 12.9. The summed E-state index contributed by atoms with van der Waals surface area (Å²) in [7, 11) is 1.85. The minimum absolute atomic E-state index is 0.0559. The van der Waals surface area contributed by atoms with E-state index in [4.69, 9.17) is 0 Å².